The van der Waals surface area contributed by atoms with E-state index in [1.54, 1.807) is 24.9 Å². The number of carbonyl (C=O) groups is 1. The Hall–Kier alpha value is -1.29. The van der Waals surface area contributed by atoms with Crippen molar-refractivity contribution in [1.82, 2.24) is 10.2 Å². The first-order chi connectivity index (χ1) is 6.66. The Kier molecular flexibility index (Phi) is 3.71. The highest BCUT2D eigenvalue weighted by molar-refractivity contribution is 5.94. The molecule has 0 radical (unpaired) electrons. The van der Waals surface area contributed by atoms with Gasteiger partial charge in [-0.1, -0.05) is 0 Å². The summed E-state index contributed by atoms with van der Waals surface area (Å²) in [6.07, 6.45) is 1.54. The second-order valence-corrected chi connectivity index (χ2v) is 3.22. The molecule has 4 nitrogen and oxygen atoms in total. The molecule has 1 amide bonds. The number of likely N-dealkylation sites (N-methyl/N-ethyl adjacent to an activating group) is 2. The summed E-state index contributed by atoms with van der Waals surface area (Å²) in [7, 11) is 3.65. The number of rotatable bonds is 4. The van der Waals surface area contributed by atoms with Gasteiger partial charge in [0.05, 0.1) is 11.8 Å². The molecule has 1 aromatic rings. The highest BCUT2D eigenvalue weighted by atomic mass is 16.3. The van der Waals surface area contributed by atoms with Crippen LogP contribution in [0.3, 0.4) is 0 Å². The molecule has 14 heavy (non-hydrogen) atoms. The van der Waals surface area contributed by atoms with Crippen LogP contribution in [0.2, 0.25) is 0 Å². The Labute approximate surface area is 83.9 Å². The van der Waals surface area contributed by atoms with E-state index >= 15 is 0 Å². The van der Waals surface area contributed by atoms with Gasteiger partial charge in [0.15, 0.2) is 0 Å². The zero-order valence-corrected chi connectivity index (χ0v) is 8.83. The van der Waals surface area contributed by atoms with Crippen molar-refractivity contribution in [2.24, 2.45) is 0 Å². The molecule has 0 aromatic carbocycles. The van der Waals surface area contributed by atoms with Crippen molar-refractivity contribution in [1.29, 1.82) is 0 Å². The van der Waals surface area contributed by atoms with E-state index in [0.717, 1.165) is 6.54 Å². The summed E-state index contributed by atoms with van der Waals surface area (Å²) in [6, 6.07) is 1.70. The van der Waals surface area contributed by atoms with Crippen LogP contribution < -0.4 is 5.32 Å². The minimum Gasteiger partial charge on any atom is -0.469 e. The monoisotopic (exact) mass is 196 g/mol. The van der Waals surface area contributed by atoms with E-state index < -0.39 is 0 Å². The number of hydrogen-bond acceptors (Lipinski definition) is 3. The SMILES string of the molecule is CNCCN(C)C(=O)c1ccoc1C. The molecular formula is C10H16N2O2. The predicted octanol–water partition coefficient (Wildman–Crippen LogP) is 0.879. The zero-order valence-electron chi connectivity index (χ0n) is 8.83. The maximum absolute atomic E-state index is 11.8. The maximum atomic E-state index is 11.8. The van der Waals surface area contributed by atoms with Crippen molar-refractivity contribution in [2.75, 3.05) is 27.2 Å². The highest BCUT2D eigenvalue weighted by Gasteiger charge is 2.15. The quantitative estimate of drug-likeness (QED) is 0.777. The molecule has 0 atom stereocenters. The van der Waals surface area contributed by atoms with Crippen molar-refractivity contribution in [3.63, 3.8) is 0 Å². The van der Waals surface area contributed by atoms with Gasteiger partial charge >= 0.3 is 0 Å². The minimum atomic E-state index is 0.00602. The van der Waals surface area contributed by atoms with E-state index in [4.69, 9.17) is 4.42 Å². The third-order valence-electron chi connectivity index (χ3n) is 2.13. The Morgan fingerprint density at radius 2 is 2.36 bits per heavy atom. The standard InChI is InChI=1S/C10H16N2O2/c1-8-9(4-7-14-8)10(13)12(3)6-5-11-2/h4,7,11H,5-6H2,1-3H3. The van der Waals surface area contributed by atoms with Crippen LogP contribution in [0.25, 0.3) is 0 Å². The van der Waals surface area contributed by atoms with Gasteiger partial charge in [0.2, 0.25) is 0 Å². The Morgan fingerprint density at radius 1 is 1.64 bits per heavy atom. The number of nitrogens with one attached hydrogen (secondary N) is 1. The number of furan rings is 1. The molecule has 0 fully saturated rings. The molecule has 0 saturated heterocycles. The molecule has 0 aliphatic carbocycles. The molecule has 0 aliphatic heterocycles. The molecule has 1 aromatic heterocycles. The van der Waals surface area contributed by atoms with Crippen LogP contribution in [0.15, 0.2) is 16.7 Å². The van der Waals surface area contributed by atoms with E-state index in [1.165, 1.54) is 6.26 Å². The minimum absolute atomic E-state index is 0.00602. The van der Waals surface area contributed by atoms with Gasteiger partial charge in [-0.15, -0.1) is 0 Å². The van der Waals surface area contributed by atoms with Crippen molar-refractivity contribution in [3.8, 4) is 0 Å². The molecular weight excluding hydrogens is 180 g/mol. The lowest BCUT2D eigenvalue weighted by atomic mass is 10.2. The van der Waals surface area contributed by atoms with E-state index in [9.17, 15) is 4.79 Å². The lowest BCUT2D eigenvalue weighted by Crippen LogP contribution is -2.32. The Balaban J connectivity index is 2.61. The first-order valence-electron chi connectivity index (χ1n) is 4.61. The first-order valence-corrected chi connectivity index (χ1v) is 4.61. The average molecular weight is 196 g/mol. The molecule has 0 unspecified atom stereocenters. The molecule has 78 valence electrons. The highest BCUT2D eigenvalue weighted by Crippen LogP contribution is 2.10. The third kappa shape index (κ3) is 2.35. The van der Waals surface area contributed by atoms with Crippen LogP contribution in [-0.4, -0.2) is 38.0 Å². The first kappa shape index (κ1) is 10.8. The average Bonchev–Trinajstić information content (AvgIpc) is 2.59. The summed E-state index contributed by atoms with van der Waals surface area (Å²) in [5.74, 6) is 0.679. The van der Waals surface area contributed by atoms with E-state index in [1.807, 2.05) is 7.05 Å². The number of hydrogen-bond donors (Lipinski definition) is 1. The normalized spacial score (nSPS) is 10.2. The van der Waals surface area contributed by atoms with Crippen molar-refractivity contribution in [3.05, 3.63) is 23.7 Å². The van der Waals surface area contributed by atoms with Crippen LogP contribution in [0.4, 0.5) is 0 Å². The fraction of sp³-hybridized carbons (Fsp3) is 0.500. The van der Waals surface area contributed by atoms with Crippen LogP contribution in [0, 0.1) is 6.92 Å². The second-order valence-electron chi connectivity index (χ2n) is 3.22. The van der Waals surface area contributed by atoms with Crippen molar-refractivity contribution in [2.45, 2.75) is 6.92 Å². The topological polar surface area (TPSA) is 45.5 Å². The zero-order chi connectivity index (χ0) is 10.6. The van der Waals surface area contributed by atoms with Crippen molar-refractivity contribution < 1.29 is 9.21 Å². The van der Waals surface area contributed by atoms with E-state index in [2.05, 4.69) is 5.32 Å². The fourth-order valence-corrected chi connectivity index (χ4v) is 1.19. The van der Waals surface area contributed by atoms with Gasteiger partial charge in [-0.05, 0) is 20.0 Å². The molecule has 4 heteroatoms. The smallest absolute Gasteiger partial charge is 0.257 e. The Bertz CT molecular complexity index is 307. The number of carbonyl (C=O) groups excluding carboxylic acids is 1. The molecule has 1 N–H and O–H groups in total. The summed E-state index contributed by atoms with van der Waals surface area (Å²) in [6.45, 7) is 3.28. The van der Waals surface area contributed by atoms with Crippen molar-refractivity contribution >= 4 is 5.91 Å². The second kappa shape index (κ2) is 4.81. The van der Waals surface area contributed by atoms with Crippen LogP contribution in [0.5, 0.6) is 0 Å². The maximum Gasteiger partial charge on any atom is 0.257 e. The lowest BCUT2D eigenvalue weighted by Gasteiger charge is -2.16. The van der Waals surface area contributed by atoms with E-state index in [-0.39, 0.29) is 5.91 Å². The lowest BCUT2D eigenvalue weighted by molar-refractivity contribution is 0.0795. The fourth-order valence-electron chi connectivity index (χ4n) is 1.19. The van der Waals surface area contributed by atoms with Gasteiger partial charge in [0.1, 0.15) is 5.76 Å². The molecule has 0 aliphatic rings. The predicted molar refractivity (Wildman–Crippen MR) is 54.3 cm³/mol. The van der Waals surface area contributed by atoms with Crippen LogP contribution in [0.1, 0.15) is 16.1 Å². The van der Waals surface area contributed by atoms with Gasteiger partial charge in [-0.25, -0.2) is 0 Å². The number of nitrogens with zero attached hydrogens (tertiary/aromatic N) is 1. The number of aryl methyl sites for hydroxylation is 1. The molecule has 0 saturated carbocycles. The van der Waals surface area contributed by atoms with Crippen LogP contribution in [-0.2, 0) is 0 Å². The van der Waals surface area contributed by atoms with Gasteiger partial charge in [-0.3, -0.25) is 4.79 Å². The number of amides is 1. The summed E-state index contributed by atoms with van der Waals surface area (Å²) in [4.78, 5) is 13.4. The summed E-state index contributed by atoms with van der Waals surface area (Å²) < 4.78 is 5.08. The summed E-state index contributed by atoms with van der Waals surface area (Å²) in [5.41, 5.74) is 0.642. The third-order valence-corrected chi connectivity index (χ3v) is 2.13. The van der Waals surface area contributed by atoms with Gasteiger partial charge in [-0.2, -0.15) is 0 Å². The van der Waals surface area contributed by atoms with Gasteiger partial charge in [0.25, 0.3) is 5.91 Å². The molecule has 0 spiro atoms. The molecule has 1 rings (SSSR count). The van der Waals surface area contributed by atoms with Crippen LogP contribution >= 0.6 is 0 Å². The van der Waals surface area contributed by atoms with E-state index in [0.29, 0.717) is 17.9 Å². The largest absolute Gasteiger partial charge is 0.469 e. The Morgan fingerprint density at radius 3 is 2.86 bits per heavy atom. The van der Waals surface area contributed by atoms with Gasteiger partial charge in [0, 0.05) is 20.1 Å². The molecule has 0 bridgehead atoms. The molecule has 1 heterocycles. The summed E-state index contributed by atoms with van der Waals surface area (Å²) in [5, 5.41) is 3.00. The summed E-state index contributed by atoms with van der Waals surface area (Å²) >= 11 is 0. The van der Waals surface area contributed by atoms with Gasteiger partial charge < -0.3 is 14.6 Å².